The fourth-order valence-electron chi connectivity index (χ4n) is 3.33. The highest BCUT2D eigenvalue weighted by atomic mass is 79.9. The summed E-state index contributed by atoms with van der Waals surface area (Å²) >= 11 is 3.51. The van der Waals surface area contributed by atoms with E-state index >= 15 is 0 Å². The first kappa shape index (κ1) is 19.0. The molecule has 1 fully saturated rings. The second kappa shape index (κ2) is 8.38. The van der Waals surface area contributed by atoms with Crippen LogP contribution in [0.15, 0.2) is 40.9 Å². The molecule has 7 nitrogen and oxygen atoms in total. The number of esters is 1. The first-order valence-corrected chi connectivity index (χ1v) is 9.98. The molecule has 0 N–H and O–H groups in total. The van der Waals surface area contributed by atoms with Crippen LogP contribution >= 0.6 is 15.9 Å². The predicted molar refractivity (Wildman–Crippen MR) is 108 cm³/mol. The van der Waals surface area contributed by atoms with Gasteiger partial charge >= 0.3 is 5.97 Å². The van der Waals surface area contributed by atoms with Crippen LogP contribution in [0.5, 0.6) is 0 Å². The first-order valence-electron chi connectivity index (χ1n) is 9.19. The van der Waals surface area contributed by atoms with E-state index in [4.69, 9.17) is 14.6 Å². The van der Waals surface area contributed by atoms with Crippen LogP contribution in [0.4, 0.5) is 0 Å². The average Bonchev–Trinajstić information content (AvgIpc) is 3.16. The second-order valence-corrected chi connectivity index (χ2v) is 7.52. The van der Waals surface area contributed by atoms with E-state index in [1.807, 2.05) is 30.3 Å². The van der Waals surface area contributed by atoms with Gasteiger partial charge in [-0.05, 0) is 24.3 Å². The van der Waals surface area contributed by atoms with Gasteiger partial charge in [0.2, 0.25) is 0 Å². The minimum atomic E-state index is -0.419. The Morgan fingerprint density at radius 1 is 1.25 bits per heavy atom. The number of nitrogens with zero attached hydrogens (tertiary/aromatic N) is 4. The van der Waals surface area contributed by atoms with Crippen LogP contribution in [0.3, 0.4) is 0 Å². The van der Waals surface area contributed by atoms with Crippen LogP contribution in [0.2, 0.25) is 0 Å². The molecule has 4 rings (SSSR count). The number of morpholine rings is 1. The molecule has 28 heavy (non-hydrogen) atoms. The van der Waals surface area contributed by atoms with Gasteiger partial charge in [-0.25, -0.2) is 14.3 Å². The Hall–Kier alpha value is -2.29. The fourth-order valence-corrected chi connectivity index (χ4v) is 3.73. The number of hydrogen-bond acceptors (Lipinski definition) is 6. The van der Waals surface area contributed by atoms with Gasteiger partial charge in [-0.1, -0.05) is 28.1 Å². The molecule has 3 heterocycles. The average molecular weight is 445 g/mol. The van der Waals surface area contributed by atoms with E-state index in [9.17, 15) is 4.79 Å². The number of benzene rings is 1. The number of ether oxygens (including phenoxy) is 2. The highest BCUT2D eigenvalue weighted by molar-refractivity contribution is 9.10. The molecule has 1 aliphatic rings. The Labute approximate surface area is 171 Å². The van der Waals surface area contributed by atoms with Gasteiger partial charge in [0.15, 0.2) is 11.5 Å². The Kier molecular flexibility index (Phi) is 5.70. The van der Waals surface area contributed by atoms with Crippen molar-refractivity contribution in [1.82, 2.24) is 19.5 Å². The molecule has 8 heteroatoms. The van der Waals surface area contributed by atoms with Crippen molar-refractivity contribution < 1.29 is 14.3 Å². The Balaban J connectivity index is 1.72. The van der Waals surface area contributed by atoms with E-state index in [1.54, 1.807) is 10.6 Å². The van der Waals surface area contributed by atoms with Crippen LogP contribution in [0.25, 0.3) is 16.9 Å². The van der Waals surface area contributed by atoms with Crippen LogP contribution in [0, 0.1) is 0 Å². The topological polar surface area (TPSA) is 69.0 Å². The first-order chi connectivity index (χ1) is 13.7. The number of fused-ring (bicyclic) bond motifs is 1. The molecule has 1 saturated heterocycles. The third-order valence-corrected chi connectivity index (χ3v) is 5.30. The van der Waals surface area contributed by atoms with Gasteiger partial charge in [0.1, 0.15) is 5.56 Å². The smallest absolute Gasteiger partial charge is 0.341 e. The van der Waals surface area contributed by atoms with E-state index < -0.39 is 5.97 Å². The zero-order valence-electron chi connectivity index (χ0n) is 15.6. The SMILES string of the molecule is COC(=O)c1ccc(-c2cccc(Br)c2)n2nc(CCN3CCOCC3)nc12. The minimum absolute atomic E-state index is 0.409. The lowest BCUT2D eigenvalue weighted by Crippen LogP contribution is -2.37. The van der Waals surface area contributed by atoms with Crippen molar-refractivity contribution in [3.63, 3.8) is 0 Å². The summed E-state index contributed by atoms with van der Waals surface area (Å²) in [4.78, 5) is 19.2. The van der Waals surface area contributed by atoms with Gasteiger partial charge in [0, 0.05) is 36.1 Å². The van der Waals surface area contributed by atoms with Crippen LogP contribution < -0.4 is 0 Å². The maximum Gasteiger partial charge on any atom is 0.341 e. The third kappa shape index (κ3) is 3.94. The van der Waals surface area contributed by atoms with Gasteiger partial charge in [-0.2, -0.15) is 5.10 Å². The molecule has 1 aromatic carbocycles. The lowest BCUT2D eigenvalue weighted by atomic mass is 10.1. The summed E-state index contributed by atoms with van der Waals surface area (Å²) in [6.07, 6.45) is 0.709. The van der Waals surface area contributed by atoms with Gasteiger partial charge in [0.25, 0.3) is 0 Å². The number of carbonyl (C=O) groups excluding carboxylic acids is 1. The summed E-state index contributed by atoms with van der Waals surface area (Å²) in [7, 11) is 1.37. The second-order valence-electron chi connectivity index (χ2n) is 6.60. The standard InChI is InChI=1S/C20H21BrN4O3/c1-27-20(26)16-5-6-17(14-3-2-4-15(21)13-14)25-19(16)22-18(23-25)7-8-24-9-11-28-12-10-24/h2-6,13H,7-12H2,1H3. The maximum atomic E-state index is 12.2. The number of methoxy groups -OCH3 is 1. The van der Waals surface area contributed by atoms with Gasteiger partial charge in [-0.15, -0.1) is 0 Å². The molecular formula is C20H21BrN4O3. The van der Waals surface area contributed by atoms with E-state index in [0.717, 1.165) is 48.6 Å². The van der Waals surface area contributed by atoms with Crippen LogP contribution in [-0.4, -0.2) is 65.4 Å². The predicted octanol–water partition coefficient (Wildman–Crippen LogP) is 2.82. The largest absolute Gasteiger partial charge is 0.465 e. The van der Waals surface area contributed by atoms with Crippen LogP contribution in [0.1, 0.15) is 16.2 Å². The number of pyridine rings is 1. The molecule has 0 spiro atoms. The summed E-state index contributed by atoms with van der Waals surface area (Å²) in [6.45, 7) is 4.23. The molecule has 0 radical (unpaired) electrons. The minimum Gasteiger partial charge on any atom is -0.465 e. The zero-order chi connectivity index (χ0) is 19.5. The molecule has 0 saturated carbocycles. The molecular weight excluding hydrogens is 424 g/mol. The lowest BCUT2D eigenvalue weighted by molar-refractivity contribution is 0.0382. The number of halogens is 1. The molecule has 3 aromatic rings. The van der Waals surface area contributed by atoms with E-state index in [-0.39, 0.29) is 0 Å². The van der Waals surface area contributed by atoms with E-state index in [2.05, 4.69) is 25.8 Å². The third-order valence-electron chi connectivity index (χ3n) is 4.81. The zero-order valence-corrected chi connectivity index (χ0v) is 17.2. The lowest BCUT2D eigenvalue weighted by Gasteiger charge is -2.25. The van der Waals surface area contributed by atoms with Gasteiger partial charge in [0.05, 0.1) is 26.0 Å². The Morgan fingerprint density at radius 2 is 2.07 bits per heavy atom. The number of carbonyl (C=O) groups is 1. The summed E-state index contributed by atoms with van der Waals surface area (Å²) < 4.78 is 13.0. The fraction of sp³-hybridized carbons (Fsp3) is 0.350. The van der Waals surface area contributed by atoms with Crippen molar-refractivity contribution in [1.29, 1.82) is 0 Å². The molecule has 146 valence electrons. The molecule has 1 aliphatic heterocycles. The Morgan fingerprint density at radius 3 is 2.82 bits per heavy atom. The highest BCUT2D eigenvalue weighted by Gasteiger charge is 2.19. The van der Waals surface area contributed by atoms with Crippen LogP contribution in [-0.2, 0) is 15.9 Å². The van der Waals surface area contributed by atoms with Crippen molar-refractivity contribution in [2.45, 2.75) is 6.42 Å². The van der Waals surface area contributed by atoms with Crippen molar-refractivity contribution in [2.24, 2.45) is 0 Å². The summed E-state index contributed by atoms with van der Waals surface area (Å²) in [6, 6.07) is 11.6. The van der Waals surface area contributed by atoms with E-state index in [0.29, 0.717) is 23.5 Å². The number of aromatic nitrogens is 3. The molecule has 0 aliphatic carbocycles. The van der Waals surface area contributed by atoms with Gasteiger partial charge < -0.3 is 9.47 Å². The van der Waals surface area contributed by atoms with Crippen molar-refractivity contribution in [3.8, 4) is 11.3 Å². The summed E-state index contributed by atoms with van der Waals surface area (Å²) in [5.74, 6) is 0.289. The van der Waals surface area contributed by atoms with Crippen molar-refractivity contribution in [2.75, 3.05) is 40.0 Å². The van der Waals surface area contributed by atoms with Crippen molar-refractivity contribution in [3.05, 3.63) is 52.3 Å². The van der Waals surface area contributed by atoms with Gasteiger partial charge in [-0.3, -0.25) is 4.90 Å². The quantitative estimate of drug-likeness (QED) is 0.563. The molecule has 0 bridgehead atoms. The summed E-state index contributed by atoms with van der Waals surface area (Å²) in [5, 5.41) is 4.71. The monoisotopic (exact) mass is 444 g/mol. The summed E-state index contributed by atoms with van der Waals surface area (Å²) in [5.41, 5.74) is 2.78. The normalized spacial score (nSPS) is 15.1. The number of rotatable bonds is 5. The molecule has 0 unspecified atom stereocenters. The molecule has 2 aromatic heterocycles. The molecule has 0 amide bonds. The number of hydrogen-bond donors (Lipinski definition) is 0. The Bertz CT molecular complexity index is 998. The highest BCUT2D eigenvalue weighted by Crippen LogP contribution is 2.25. The van der Waals surface area contributed by atoms with Crippen molar-refractivity contribution >= 4 is 27.5 Å². The molecule has 0 atom stereocenters. The van der Waals surface area contributed by atoms with E-state index in [1.165, 1.54) is 7.11 Å². The maximum absolute atomic E-state index is 12.2.